The molecule has 0 aromatic carbocycles. The van der Waals surface area contributed by atoms with E-state index in [1.165, 1.54) is 64.6 Å². The zero-order valence-electron chi connectivity index (χ0n) is 12.3. The Morgan fingerprint density at radius 3 is 2.61 bits per heavy atom. The Hall–Kier alpha value is -0.0800. The van der Waals surface area contributed by atoms with Gasteiger partial charge in [0.05, 0.1) is 0 Å². The molecule has 18 heavy (non-hydrogen) atoms. The molecule has 0 amide bonds. The molecule has 0 aromatic heterocycles. The molecule has 0 aromatic rings. The van der Waals surface area contributed by atoms with Crippen molar-refractivity contribution in [2.24, 2.45) is 5.92 Å². The van der Waals surface area contributed by atoms with Gasteiger partial charge in [0.1, 0.15) is 0 Å². The number of nitrogens with zero attached hydrogens (tertiary/aromatic N) is 2. The van der Waals surface area contributed by atoms with E-state index in [0.29, 0.717) is 0 Å². The van der Waals surface area contributed by atoms with Crippen LogP contribution in [-0.4, -0.2) is 47.6 Å². The van der Waals surface area contributed by atoms with E-state index < -0.39 is 0 Å². The van der Waals surface area contributed by atoms with Crippen LogP contribution in [0.4, 0.5) is 0 Å². The predicted octanol–water partition coefficient (Wildman–Crippen LogP) is 3.12. The molecule has 0 spiro atoms. The summed E-state index contributed by atoms with van der Waals surface area (Å²) in [5, 5.41) is 0. The first-order chi connectivity index (χ1) is 8.78. The third-order valence-electron chi connectivity index (χ3n) is 5.68. The Bertz CT molecular complexity index is 278. The maximum absolute atomic E-state index is 2.92. The van der Waals surface area contributed by atoms with Gasteiger partial charge in [0.2, 0.25) is 0 Å². The number of hydrogen-bond acceptors (Lipinski definition) is 2. The third-order valence-corrected chi connectivity index (χ3v) is 5.68. The first kappa shape index (κ1) is 12.9. The zero-order valence-corrected chi connectivity index (χ0v) is 12.3. The lowest BCUT2D eigenvalue weighted by molar-refractivity contribution is 0.00106. The van der Waals surface area contributed by atoms with Gasteiger partial charge in [-0.3, -0.25) is 9.80 Å². The molecule has 2 nitrogen and oxygen atoms in total. The summed E-state index contributed by atoms with van der Waals surface area (Å²) in [5.41, 5.74) is 0. The predicted molar refractivity (Wildman–Crippen MR) is 76.8 cm³/mol. The maximum atomic E-state index is 2.92. The van der Waals surface area contributed by atoms with Crippen LogP contribution in [-0.2, 0) is 0 Å². The van der Waals surface area contributed by atoms with Crippen LogP contribution in [0.2, 0.25) is 0 Å². The van der Waals surface area contributed by atoms with Crippen LogP contribution in [0, 0.1) is 5.92 Å². The van der Waals surface area contributed by atoms with Gasteiger partial charge in [-0.25, -0.2) is 0 Å². The van der Waals surface area contributed by atoms with Crippen molar-refractivity contribution in [2.45, 2.75) is 76.9 Å². The minimum absolute atomic E-state index is 0.842. The minimum atomic E-state index is 0.842. The Balaban J connectivity index is 1.68. The highest BCUT2D eigenvalue weighted by Crippen LogP contribution is 2.33. The molecule has 104 valence electrons. The van der Waals surface area contributed by atoms with Crippen molar-refractivity contribution in [1.29, 1.82) is 0 Å². The minimum Gasteiger partial charge on any atom is -0.298 e. The molecule has 2 heteroatoms. The lowest BCUT2D eigenvalue weighted by atomic mass is 9.84. The summed E-state index contributed by atoms with van der Waals surface area (Å²) >= 11 is 0. The molecule has 3 aliphatic rings. The van der Waals surface area contributed by atoms with Crippen LogP contribution >= 0.6 is 0 Å². The second kappa shape index (κ2) is 5.50. The van der Waals surface area contributed by atoms with Crippen molar-refractivity contribution in [3.8, 4) is 0 Å². The van der Waals surface area contributed by atoms with Crippen LogP contribution < -0.4 is 0 Å². The molecule has 4 unspecified atom stereocenters. The van der Waals surface area contributed by atoms with Gasteiger partial charge >= 0.3 is 0 Å². The highest BCUT2D eigenvalue weighted by molar-refractivity contribution is 4.95. The molecule has 0 bridgehead atoms. The normalized spacial score (nSPS) is 43.0. The largest absolute Gasteiger partial charge is 0.298 e. The van der Waals surface area contributed by atoms with E-state index >= 15 is 0 Å². The van der Waals surface area contributed by atoms with E-state index in [0.717, 1.165) is 24.0 Å². The molecule has 1 saturated carbocycles. The molecule has 1 aliphatic carbocycles. The van der Waals surface area contributed by atoms with Gasteiger partial charge in [-0.05, 0) is 44.6 Å². The molecule has 0 radical (unpaired) electrons. The molecular formula is C16H30N2. The van der Waals surface area contributed by atoms with E-state index in [2.05, 4.69) is 23.6 Å². The van der Waals surface area contributed by atoms with E-state index in [9.17, 15) is 0 Å². The Kier molecular flexibility index (Phi) is 3.95. The molecule has 2 aliphatic heterocycles. The summed E-state index contributed by atoms with van der Waals surface area (Å²) in [6.45, 7) is 8.94. The van der Waals surface area contributed by atoms with Crippen molar-refractivity contribution >= 4 is 0 Å². The Morgan fingerprint density at radius 1 is 1.00 bits per heavy atom. The number of fused-ring (bicyclic) bond motifs is 1. The average Bonchev–Trinajstić information content (AvgIpc) is 2.84. The molecule has 3 rings (SSSR count). The van der Waals surface area contributed by atoms with E-state index in [4.69, 9.17) is 0 Å². The quantitative estimate of drug-likeness (QED) is 0.743. The number of rotatable bonds is 2. The van der Waals surface area contributed by atoms with E-state index in [-0.39, 0.29) is 0 Å². The number of piperazine rings is 1. The van der Waals surface area contributed by atoms with Crippen molar-refractivity contribution < 1.29 is 0 Å². The smallest absolute Gasteiger partial charge is 0.0224 e. The summed E-state index contributed by atoms with van der Waals surface area (Å²) < 4.78 is 0. The number of hydrogen-bond donors (Lipinski definition) is 0. The fourth-order valence-electron chi connectivity index (χ4n) is 4.62. The van der Waals surface area contributed by atoms with E-state index in [1.807, 2.05) is 0 Å². The molecular weight excluding hydrogens is 220 g/mol. The highest BCUT2D eigenvalue weighted by Gasteiger charge is 2.39. The molecule has 2 saturated heterocycles. The lowest BCUT2D eigenvalue weighted by Gasteiger charge is -2.48. The van der Waals surface area contributed by atoms with Gasteiger partial charge < -0.3 is 0 Å². The molecule has 2 heterocycles. The second-order valence-electron chi connectivity index (χ2n) is 6.98. The summed E-state index contributed by atoms with van der Waals surface area (Å²) in [6, 6.07) is 2.64. The second-order valence-corrected chi connectivity index (χ2v) is 6.98. The summed E-state index contributed by atoms with van der Waals surface area (Å²) in [4.78, 5) is 5.69. The summed E-state index contributed by atoms with van der Waals surface area (Å²) in [6.07, 6.45) is 10.1. The van der Waals surface area contributed by atoms with Gasteiger partial charge in [-0.1, -0.05) is 26.7 Å². The molecule has 3 fully saturated rings. The monoisotopic (exact) mass is 250 g/mol. The van der Waals surface area contributed by atoms with Crippen molar-refractivity contribution in [3.05, 3.63) is 0 Å². The summed E-state index contributed by atoms with van der Waals surface area (Å²) in [7, 11) is 0. The molecule has 4 atom stereocenters. The fourth-order valence-corrected chi connectivity index (χ4v) is 4.62. The molecule has 0 N–H and O–H groups in total. The SMILES string of the molecule is CCC1CN2CCCC2CN1C1CCCC(C)C1. The van der Waals surface area contributed by atoms with Crippen molar-refractivity contribution in [2.75, 3.05) is 19.6 Å². The van der Waals surface area contributed by atoms with Crippen LogP contribution in [0.15, 0.2) is 0 Å². The van der Waals surface area contributed by atoms with E-state index in [1.54, 1.807) is 0 Å². The lowest BCUT2D eigenvalue weighted by Crippen LogP contribution is -2.59. The Morgan fingerprint density at radius 2 is 1.83 bits per heavy atom. The van der Waals surface area contributed by atoms with Crippen LogP contribution in [0.25, 0.3) is 0 Å². The van der Waals surface area contributed by atoms with Crippen LogP contribution in [0.3, 0.4) is 0 Å². The third kappa shape index (κ3) is 2.46. The highest BCUT2D eigenvalue weighted by atomic mass is 15.3. The average molecular weight is 250 g/mol. The van der Waals surface area contributed by atoms with Gasteiger partial charge in [0, 0.05) is 31.2 Å². The van der Waals surface area contributed by atoms with Crippen molar-refractivity contribution in [3.63, 3.8) is 0 Å². The standard InChI is InChI=1S/C16H30N2/c1-3-14-11-17-9-5-8-16(17)12-18(14)15-7-4-6-13(2)10-15/h13-16H,3-12H2,1-2H3. The van der Waals surface area contributed by atoms with Crippen LogP contribution in [0.1, 0.15) is 58.8 Å². The van der Waals surface area contributed by atoms with Gasteiger partial charge in [-0.15, -0.1) is 0 Å². The first-order valence-electron chi connectivity index (χ1n) is 8.27. The zero-order chi connectivity index (χ0) is 12.5. The first-order valence-corrected chi connectivity index (χ1v) is 8.27. The van der Waals surface area contributed by atoms with Gasteiger partial charge in [0.15, 0.2) is 0 Å². The summed E-state index contributed by atoms with van der Waals surface area (Å²) in [5.74, 6) is 0.961. The van der Waals surface area contributed by atoms with Gasteiger partial charge in [0.25, 0.3) is 0 Å². The Labute approximate surface area is 113 Å². The van der Waals surface area contributed by atoms with Gasteiger partial charge in [-0.2, -0.15) is 0 Å². The maximum Gasteiger partial charge on any atom is 0.0224 e. The van der Waals surface area contributed by atoms with Crippen molar-refractivity contribution in [1.82, 2.24) is 9.80 Å². The topological polar surface area (TPSA) is 6.48 Å². The fraction of sp³-hybridized carbons (Fsp3) is 1.00. The van der Waals surface area contributed by atoms with Crippen LogP contribution in [0.5, 0.6) is 0 Å².